The molecule has 0 radical (unpaired) electrons. The summed E-state index contributed by atoms with van der Waals surface area (Å²) in [5.41, 5.74) is 2.52. The van der Waals surface area contributed by atoms with Crippen molar-refractivity contribution in [3.8, 4) is 0 Å². The predicted molar refractivity (Wildman–Crippen MR) is 141 cm³/mol. The molecule has 0 aliphatic rings. The predicted octanol–water partition coefficient (Wildman–Crippen LogP) is 5.82. The van der Waals surface area contributed by atoms with Gasteiger partial charge in [0.1, 0.15) is 11.5 Å². The summed E-state index contributed by atoms with van der Waals surface area (Å²) in [6.07, 6.45) is 0.795. The lowest BCUT2D eigenvalue weighted by atomic mass is 9.86. The maximum atomic E-state index is 14.5. The first-order valence-electron chi connectivity index (χ1n) is 11.9. The summed E-state index contributed by atoms with van der Waals surface area (Å²) in [6.45, 7) is 4.07. The first kappa shape index (κ1) is 25.1. The number of aliphatic hydroxyl groups is 1. The number of carbonyl (C=O) groups is 2. The van der Waals surface area contributed by atoms with Crippen LogP contribution in [0.5, 0.6) is 0 Å². The number of aliphatic hydroxyl groups excluding tert-OH is 1. The van der Waals surface area contributed by atoms with Crippen molar-refractivity contribution in [3.05, 3.63) is 95.9 Å². The van der Waals surface area contributed by atoms with Crippen molar-refractivity contribution in [2.75, 3.05) is 17.2 Å². The standard InChI is InChI=1S/C29H30FN3O3/c1-29(2,14-15-34)18-27(35)31-23-12-13-25-21(16-23)17-26(28(36)32-22-9-4-3-5-10-22)33(25)19-20-8-6-7-11-24(20)30/h3-13,16-17,34H,14-15,18-19H2,1-2H3,(H,31,35)(H,32,36). The molecule has 6 nitrogen and oxygen atoms in total. The van der Waals surface area contributed by atoms with E-state index in [1.807, 2.05) is 44.2 Å². The Hall–Kier alpha value is -3.97. The molecule has 0 unspecified atom stereocenters. The number of aromatic nitrogens is 1. The molecule has 7 heteroatoms. The van der Waals surface area contributed by atoms with Gasteiger partial charge < -0.3 is 20.3 Å². The lowest BCUT2D eigenvalue weighted by Crippen LogP contribution is -2.23. The number of nitrogens with zero attached hydrogens (tertiary/aromatic N) is 1. The molecule has 0 spiro atoms. The van der Waals surface area contributed by atoms with Crippen LogP contribution in [0.1, 0.15) is 42.7 Å². The van der Waals surface area contributed by atoms with Crippen LogP contribution < -0.4 is 10.6 Å². The minimum absolute atomic E-state index is 0.0234. The van der Waals surface area contributed by atoms with Crippen molar-refractivity contribution >= 4 is 34.1 Å². The minimum atomic E-state index is -0.344. The van der Waals surface area contributed by atoms with Crippen molar-refractivity contribution < 1.29 is 19.1 Å². The Bertz CT molecular complexity index is 1380. The molecule has 0 saturated carbocycles. The molecule has 4 rings (SSSR count). The van der Waals surface area contributed by atoms with Crippen LogP contribution in [0.2, 0.25) is 0 Å². The van der Waals surface area contributed by atoms with Crippen molar-refractivity contribution in [3.63, 3.8) is 0 Å². The first-order valence-corrected chi connectivity index (χ1v) is 11.9. The molecule has 0 aliphatic heterocycles. The second-order valence-corrected chi connectivity index (χ2v) is 9.66. The van der Waals surface area contributed by atoms with E-state index in [0.29, 0.717) is 29.1 Å². The van der Waals surface area contributed by atoms with Gasteiger partial charge in [0, 0.05) is 40.9 Å². The van der Waals surface area contributed by atoms with Gasteiger partial charge in [0.2, 0.25) is 5.91 Å². The summed E-state index contributed by atoms with van der Waals surface area (Å²) in [4.78, 5) is 25.8. The minimum Gasteiger partial charge on any atom is -0.396 e. The number of nitrogens with one attached hydrogen (secondary N) is 2. The molecule has 186 valence electrons. The number of hydrogen-bond donors (Lipinski definition) is 3. The van der Waals surface area contributed by atoms with Crippen LogP contribution in [0.3, 0.4) is 0 Å². The molecule has 3 aromatic carbocycles. The van der Waals surface area contributed by atoms with E-state index in [2.05, 4.69) is 10.6 Å². The summed E-state index contributed by atoms with van der Waals surface area (Å²) >= 11 is 0. The molecular formula is C29H30FN3O3. The van der Waals surface area contributed by atoms with Crippen molar-refractivity contribution in [1.82, 2.24) is 4.57 Å². The second kappa shape index (κ2) is 10.7. The van der Waals surface area contributed by atoms with Crippen LogP contribution >= 0.6 is 0 Å². The van der Waals surface area contributed by atoms with Gasteiger partial charge in [0.05, 0.1) is 6.54 Å². The van der Waals surface area contributed by atoms with E-state index in [9.17, 15) is 19.1 Å². The number of benzene rings is 3. The van der Waals surface area contributed by atoms with E-state index >= 15 is 0 Å². The molecule has 36 heavy (non-hydrogen) atoms. The van der Waals surface area contributed by atoms with Gasteiger partial charge in [0.25, 0.3) is 5.91 Å². The smallest absolute Gasteiger partial charge is 0.272 e. The average molecular weight is 488 g/mol. The van der Waals surface area contributed by atoms with Crippen LogP contribution in [-0.4, -0.2) is 28.1 Å². The Morgan fingerprint density at radius 3 is 2.36 bits per heavy atom. The third-order valence-corrected chi connectivity index (χ3v) is 6.16. The summed E-state index contributed by atoms with van der Waals surface area (Å²) < 4.78 is 16.3. The molecule has 0 saturated heterocycles. The molecule has 0 fully saturated rings. The number of hydrogen-bond acceptors (Lipinski definition) is 3. The third-order valence-electron chi connectivity index (χ3n) is 6.16. The van der Waals surface area contributed by atoms with Gasteiger partial charge in [-0.05, 0) is 54.3 Å². The van der Waals surface area contributed by atoms with Gasteiger partial charge in [-0.3, -0.25) is 9.59 Å². The van der Waals surface area contributed by atoms with Crippen LogP contribution in [-0.2, 0) is 11.3 Å². The third kappa shape index (κ3) is 5.98. The Balaban J connectivity index is 1.67. The van der Waals surface area contributed by atoms with Gasteiger partial charge in [-0.15, -0.1) is 0 Å². The Morgan fingerprint density at radius 2 is 1.64 bits per heavy atom. The fourth-order valence-electron chi connectivity index (χ4n) is 4.25. The van der Waals surface area contributed by atoms with Crippen LogP contribution in [0.15, 0.2) is 78.9 Å². The van der Waals surface area contributed by atoms with Crippen molar-refractivity contribution in [1.29, 1.82) is 0 Å². The normalized spacial score (nSPS) is 11.4. The Labute approximate surface area is 209 Å². The fourth-order valence-corrected chi connectivity index (χ4v) is 4.25. The van der Waals surface area contributed by atoms with Crippen molar-refractivity contribution in [2.24, 2.45) is 5.41 Å². The van der Waals surface area contributed by atoms with Gasteiger partial charge >= 0.3 is 0 Å². The molecule has 0 atom stereocenters. The molecule has 2 amide bonds. The summed E-state index contributed by atoms with van der Waals surface area (Å²) in [5, 5.41) is 15.8. The van der Waals surface area contributed by atoms with Gasteiger partial charge in [0.15, 0.2) is 0 Å². The average Bonchev–Trinajstić information content (AvgIpc) is 3.18. The fraction of sp³-hybridized carbons (Fsp3) is 0.241. The summed E-state index contributed by atoms with van der Waals surface area (Å²) in [6, 6.07) is 22.8. The maximum absolute atomic E-state index is 14.5. The summed E-state index contributed by atoms with van der Waals surface area (Å²) in [5.74, 6) is -0.811. The number of rotatable bonds is 9. The molecule has 1 aromatic heterocycles. The zero-order valence-corrected chi connectivity index (χ0v) is 20.4. The van der Waals surface area contributed by atoms with E-state index in [1.54, 1.807) is 47.0 Å². The largest absolute Gasteiger partial charge is 0.396 e. The molecular weight excluding hydrogens is 457 g/mol. The molecule has 4 aromatic rings. The number of carbonyl (C=O) groups excluding carboxylic acids is 2. The quantitative estimate of drug-likeness (QED) is 0.278. The SMILES string of the molecule is CC(C)(CCO)CC(=O)Nc1ccc2c(c1)cc(C(=O)Nc1ccccc1)n2Cc1ccccc1F. The highest BCUT2D eigenvalue weighted by Crippen LogP contribution is 2.28. The van der Waals surface area contributed by atoms with Crippen LogP contribution in [0.4, 0.5) is 15.8 Å². The molecule has 3 N–H and O–H groups in total. The highest BCUT2D eigenvalue weighted by molar-refractivity contribution is 6.07. The first-order chi connectivity index (χ1) is 17.3. The van der Waals surface area contributed by atoms with E-state index in [1.165, 1.54) is 6.07 Å². The lowest BCUT2D eigenvalue weighted by Gasteiger charge is -2.22. The highest BCUT2D eigenvalue weighted by Gasteiger charge is 2.22. The Morgan fingerprint density at radius 1 is 0.917 bits per heavy atom. The number of amides is 2. The molecule has 1 heterocycles. The van der Waals surface area contributed by atoms with E-state index in [4.69, 9.17) is 0 Å². The molecule has 0 bridgehead atoms. The summed E-state index contributed by atoms with van der Waals surface area (Å²) in [7, 11) is 0. The number of fused-ring (bicyclic) bond motifs is 1. The number of para-hydroxylation sites is 1. The second-order valence-electron chi connectivity index (χ2n) is 9.66. The highest BCUT2D eigenvalue weighted by atomic mass is 19.1. The molecule has 0 aliphatic carbocycles. The van der Waals surface area contributed by atoms with E-state index < -0.39 is 0 Å². The lowest BCUT2D eigenvalue weighted by molar-refractivity contribution is -0.118. The topological polar surface area (TPSA) is 83.4 Å². The van der Waals surface area contributed by atoms with E-state index in [-0.39, 0.29) is 42.6 Å². The van der Waals surface area contributed by atoms with Crippen LogP contribution in [0.25, 0.3) is 10.9 Å². The maximum Gasteiger partial charge on any atom is 0.272 e. The van der Waals surface area contributed by atoms with Gasteiger partial charge in [-0.25, -0.2) is 4.39 Å². The van der Waals surface area contributed by atoms with Crippen molar-refractivity contribution in [2.45, 2.75) is 33.2 Å². The van der Waals surface area contributed by atoms with Crippen LogP contribution in [0, 0.1) is 11.2 Å². The van der Waals surface area contributed by atoms with Gasteiger partial charge in [-0.2, -0.15) is 0 Å². The Kier molecular flexibility index (Phi) is 7.50. The monoisotopic (exact) mass is 487 g/mol. The number of halogens is 1. The zero-order valence-electron chi connectivity index (χ0n) is 20.4. The van der Waals surface area contributed by atoms with Gasteiger partial charge in [-0.1, -0.05) is 50.2 Å². The van der Waals surface area contributed by atoms with E-state index in [0.717, 1.165) is 10.9 Å². The zero-order chi connectivity index (χ0) is 25.7. The number of anilines is 2.